The maximum absolute atomic E-state index is 12.0. The van der Waals surface area contributed by atoms with Crippen molar-refractivity contribution in [3.8, 4) is 0 Å². The lowest BCUT2D eigenvalue weighted by atomic mass is 9.96. The first-order valence-electron chi connectivity index (χ1n) is 9.40. The highest BCUT2D eigenvalue weighted by Gasteiger charge is 2.22. The van der Waals surface area contributed by atoms with Crippen molar-refractivity contribution >= 4 is 28.4 Å². The van der Waals surface area contributed by atoms with Crippen LogP contribution in [0.4, 0.5) is 0 Å². The van der Waals surface area contributed by atoms with E-state index in [0.717, 1.165) is 54.1 Å². The quantitative estimate of drug-likeness (QED) is 0.666. The number of fused-ring (bicyclic) bond motifs is 1. The molecule has 1 saturated heterocycles. The summed E-state index contributed by atoms with van der Waals surface area (Å²) in [6.45, 7) is 3.60. The molecule has 9 nitrogen and oxygen atoms in total. The lowest BCUT2D eigenvalue weighted by molar-refractivity contribution is -0.122. The standard InChI is InChI=1S/C18H23ClN8O/c1-25-16-4-2-3-14(19)18(16)15(22-25)10-26-7-5-13(6-8-26)9-20-17(28)11-27-12-21-23-24-27/h2-4,12-13H,5-11H2,1H3,(H,20,28). The number of hydrogen-bond acceptors (Lipinski definition) is 6. The van der Waals surface area contributed by atoms with Crippen LogP contribution in [0.1, 0.15) is 18.5 Å². The molecule has 1 N–H and O–H groups in total. The number of hydrogen-bond donors (Lipinski definition) is 1. The smallest absolute Gasteiger partial charge is 0.241 e. The highest BCUT2D eigenvalue weighted by Crippen LogP contribution is 2.28. The molecule has 3 aromatic rings. The minimum Gasteiger partial charge on any atom is -0.354 e. The summed E-state index contributed by atoms with van der Waals surface area (Å²) < 4.78 is 3.31. The molecule has 0 spiro atoms. The summed E-state index contributed by atoms with van der Waals surface area (Å²) in [4.78, 5) is 14.4. The van der Waals surface area contributed by atoms with Crippen LogP contribution in [0.15, 0.2) is 24.5 Å². The third-order valence-electron chi connectivity index (χ3n) is 5.27. The fraction of sp³-hybridized carbons (Fsp3) is 0.500. The molecule has 10 heteroatoms. The monoisotopic (exact) mass is 402 g/mol. The number of likely N-dealkylation sites (tertiary alicyclic amines) is 1. The van der Waals surface area contributed by atoms with Crippen LogP contribution in [-0.4, -0.2) is 60.4 Å². The summed E-state index contributed by atoms with van der Waals surface area (Å²) in [5.74, 6) is 0.419. The van der Waals surface area contributed by atoms with Gasteiger partial charge >= 0.3 is 0 Å². The van der Waals surface area contributed by atoms with Crippen LogP contribution >= 0.6 is 11.6 Å². The Morgan fingerprint density at radius 1 is 1.32 bits per heavy atom. The number of aromatic nitrogens is 6. The Morgan fingerprint density at radius 3 is 2.89 bits per heavy atom. The van der Waals surface area contributed by atoms with Gasteiger partial charge in [-0.1, -0.05) is 17.7 Å². The Hall–Kier alpha value is -2.52. The predicted molar refractivity (Wildman–Crippen MR) is 105 cm³/mol. The molecule has 0 bridgehead atoms. The van der Waals surface area contributed by atoms with Gasteiger partial charge in [-0.15, -0.1) is 5.10 Å². The van der Waals surface area contributed by atoms with Crippen LogP contribution in [0, 0.1) is 5.92 Å². The number of carbonyl (C=O) groups is 1. The molecule has 4 rings (SSSR count). The number of nitrogens with one attached hydrogen (secondary N) is 1. The molecule has 0 aliphatic carbocycles. The van der Waals surface area contributed by atoms with Crippen molar-refractivity contribution in [2.75, 3.05) is 19.6 Å². The molecular formula is C18H23ClN8O. The molecular weight excluding hydrogens is 380 g/mol. The molecule has 1 aliphatic rings. The minimum absolute atomic E-state index is 0.0654. The number of nitrogens with zero attached hydrogens (tertiary/aromatic N) is 7. The minimum atomic E-state index is -0.0654. The zero-order valence-electron chi connectivity index (χ0n) is 15.8. The van der Waals surface area contributed by atoms with Crippen molar-refractivity contribution in [1.82, 2.24) is 40.2 Å². The molecule has 1 amide bonds. The van der Waals surface area contributed by atoms with Gasteiger partial charge in [-0.25, -0.2) is 4.68 Å². The Bertz CT molecular complexity index is 946. The van der Waals surface area contributed by atoms with E-state index in [1.54, 1.807) is 0 Å². The maximum Gasteiger partial charge on any atom is 0.241 e. The molecule has 0 saturated carbocycles. The third kappa shape index (κ3) is 4.15. The van der Waals surface area contributed by atoms with Crippen molar-refractivity contribution in [1.29, 1.82) is 0 Å². The predicted octanol–water partition coefficient (Wildman–Crippen LogP) is 1.24. The van der Waals surface area contributed by atoms with Crippen LogP contribution in [-0.2, 0) is 24.9 Å². The second-order valence-electron chi connectivity index (χ2n) is 7.24. The van der Waals surface area contributed by atoms with E-state index >= 15 is 0 Å². The average Bonchev–Trinajstić information content (AvgIpc) is 3.30. The van der Waals surface area contributed by atoms with E-state index in [0.29, 0.717) is 12.5 Å². The second-order valence-corrected chi connectivity index (χ2v) is 7.64. The molecule has 0 atom stereocenters. The van der Waals surface area contributed by atoms with Crippen molar-refractivity contribution < 1.29 is 4.79 Å². The highest BCUT2D eigenvalue weighted by atomic mass is 35.5. The van der Waals surface area contributed by atoms with Gasteiger partial charge in [-0.05, 0) is 54.4 Å². The molecule has 148 valence electrons. The van der Waals surface area contributed by atoms with Crippen molar-refractivity contribution in [2.24, 2.45) is 13.0 Å². The van der Waals surface area contributed by atoms with Crippen molar-refractivity contribution in [2.45, 2.75) is 25.9 Å². The summed E-state index contributed by atoms with van der Waals surface area (Å²) in [5, 5.41) is 20.2. The Morgan fingerprint density at radius 2 is 2.14 bits per heavy atom. The number of halogens is 1. The Kier molecular flexibility index (Phi) is 5.54. The SMILES string of the molecule is Cn1nc(CN2CCC(CNC(=O)Cn3cnnn3)CC2)c2c(Cl)cccc21. The molecule has 2 aromatic heterocycles. The lowest BCUT2D eigenvalue weighted by Gasteiger charge is -2.31. The molecule has 1 aliphatic heterocycles. The normalized spacial score (nSPS) is 15.9. The summed E-state index contributed by atoms with van der Waals surface area (Å²) >= 11 is 6.41. The second kappa shape index (κ2) is 8.24. The Balaban J connectivity index is 1.27. The first kappa shape index (κ1) is 18.8. The van der Waals surface area contributed by atoms with E-state index in [-0.39, 0.29) is 12.5 Å². The van der Waals surface area contributed by atoms with Gasteiger partial charge in [-0.2, -0.15) is 5.10 Å². The Labute approximate surface area is 167 Å². The highest BCUT2D eigenvalue weighted by molar-refractivity contribution is 6.35. The number of tetrazole rings is 1. The number of benzene rings is 1. The largest absolute Gasteiger partial charge is 0.354 e. The van der Waals surface area contributed by atoms with Gasteiger partial charge in [0, 0.05) is 25.5 Å². The number of amides is 1. The summed E-state index contributed by atoms with van der Waals surface area (Å²) in [6.07, 6.45) is 3.53. The van der Waals surface area contributed by atoms with Crippen LogP contribution in [0.5, 0.6) is 0 Å². The first-order valence-corrected chi connectivity index (χ1v) is 9.78. The zero-order valence-corrected chi connectivity index (χ0v) is 16.5. The number of piperidine rings is 1. The van der Waals surface area contributed by atoms with E-state index in [2.05, 4.69) is 30.8 Å². The molecule has 0 unspecified atom stereocenters. The first-order chi connectivity index (χ1) is 13.6. The van der Waals surface area contributed by atoms with Crippen LogP contribution in [0.25, 0.3) is 10.9 Å². The van der Waals surface area contributed by atoms with Crippen molar-refractivity contribution in [3.05, 3.63) is 35.2 Å². The van der Waals surface area contributed by atoms with E-state index in [9.17, 15) is 4.79 Å². The molecule has 1 aromatic carbocycles. The molecule has 28 heavy (non-hydrogen) atoms. The zero-order chi connectivity index (χ0) is 19.5. The fourth-order valence-electron chi connectivity index (χ4n) is 3.74. The molecule has 1 fully saturated rings. The van der Waals surface area contributed by atoms with Gasteiger partial charge in [-0.3, -0.25) is 14.4 Å². The molecule has 0 radical (unpaired) electrons. The third-order valence-corrected chi connectivity index (χ3v) is 5.58. The van der Waals surface area contributed by atoms with Crippen LogP contribution < -0.4 is 5.32 Å². The van der Waals surface area contributed by atoms with Crippen LogP contribution in [0.3, 0.4) is 0 Å². The summed E-state index contributed by atoms with van der Waals surface area (Å²) in [6, 6.07) is 5.91. The number of aryl methyl sites for hydroxylation is 1. The van der Waals surface area contributed by atoms with Crippen molar-refractivity contribution in [3.63, 3.8) is 0 Å². The summed E-state index contributed by atoms with van der Waals surface area (Å²) in [5.41, 5.74) is 2.08. The molecule has 3 heterocycles. The van der Waals surface area contributed by atoms with Gasteiger partial charge in [0.25, 0.3) is 0 Å². The van der Waals surface area contributed by atoms with E-state index in [4.69, 9.17) is 11.6 Å². The van der Waals surface area contributed by atoms with Gasteiger partial charge in [0.1, 0.15) is 12.9 Å². The van der Waals surface area contributed by atoms with E-state index in [1.807, 2.05) is 29.9 Å². The van der Waals surface area contributed by atoms with Crippen LogP contribution in [0.2, 0.25) is 5.02 Å². The van der Waals surface area contributed by atoms with E-state index in [1.165, 1.54) is 11.0 Å². The van der Waals surface area contributed by atoms with Gasteiger partial charge in [0.15, 0.2) is 0 Å². The summed E-state index contributed by atoms with van der Waals surface area (Å²) in [7, 11) is 1.95. The number of rotatable bonds is 6. The number of carbonyl (C=O) groups excluding carboxylic acids is 1. The average molecular weight is 403 g/mol. The topological polar surface area (TPSA) is 93.8 Å². The fourth-order valence-corrected chi connectivity index (χ4v) is 4.02. The lowest BCUT2D eigenvalue weighted by Crippen LogP contribution is -2.39. The maximum atomic E-state index is 12.0. The van der Waals surface area contributed by atoms with E-state index < -0.39 is 0 Å². The van der Waals surface area contributed by atoms with Gasteiger partial charge < -0.3 is 5.32 Å². The van der Waals surface area contributed by atoms with Gasteiger partial charge in [0.05, 0.1) is 16.2 Å². The van der Waals surface area contributed by atoms with Gasteiger partial charge in [0.2, 0.25) is 5.91 Å².